The smallest absolute Gasteiger partial charge is 0.183 e. The van der Waals surface area contributed by atoms with Gasteiger partial charge in [0.15, 0.2) is 6.29 Å². The van der Waals surface area contributed by atoms with Crippen LogP contribution in [0.1, 0.15) is 0 Å². The molecule has 14 heavy (non-hydrogen) atoms. The Kier molecular flexibility index (Phi) is 2.80. The molecule has 0 aliphatic carbocycles. The summed E-state index contributed by atoms with van der Waals surface area (Å²) in [7, 11) is 0. The standard InChI is InChI=1S/C8H13NO5/c10-3-4-6(11)7(12)5-8(14-4)13-2-1-9-5/h1,4-8,10-12H,2-3H2/t4-,5-,6-,7-,8+/m1/s1. The zero-order valence-corrected chi connectivity index (χ0v) is 7.48. The Labute approximate surface area is 80.8 Å². The van der Waals surface area contributed by atoms with Crippen LogP contribution in [0, 0.1) is 0 Å². The number of fused-ring (bicyclic) bond motifs is 1. The summed E-state index contributed by atoms with van der Waals surface area (Å²) >= 11 is 0. The molecule has 2 heterocycles. The van der Waals surface area contributed by atoms with Crippen molar-refractivity contribution in [2.24, 2.45) is 4.99 Å². The fourth-order valence-electron chi connectivity index (χ4n) is 1.67. The quantitative estimate of drug-likeness (QED) is 0.454. The molecule has 0 bridgehead atoms. The lowest BCUT2D eigenvalue weighted by molar-refractivity contribution is -0.263. The number of aliphatic imine (C=N–C) groups is 1. The molecule has 6 heteroatoms. The van der Waals surface area contributed by atoms with Crippen molar-refractivity contribution in [3.63, 3.8) is 0 Å². The third kappa shape index (κ3) is 1.55. The van der Waals surface area contributed by atoms with Crippen LogP contribution in [-0.2, 0) is 9.47 Å². The van der Waals surface area contributed by atoms with E-state index in [-0.39, 0.29) is 6.61 Å². The molecule has 0 aromatic heterocycles. The zero-order chi connectivity index (χ0) is 10.1. The summed E-state index contributed by atoms with van der Waals surface area (Å²) in [5.74, 6) is 0. The molecule has 0 radical (unpaired) electrons. The molecule has 0 aromatic rings. The molecule has 0 aromatic carbocycles. The van der Waals surface area contributed by atoms with E-state index in [1.807, 2.05) is 0 Å². The lowest BCUT2D eigenvalue weighted by Gasteiger charge is -2.41. The molecule has 2 aliphatic rings. The minimum Gasteiger partial charge on any atom is -0.394 e. The van der Waals surface area contributed by atoms with Gasteiger partial charge in [-0.15, -0.1) is 0 Å². The SMILES string of the molecule is OC[C@H]1O[C@@H]2OCC=N[C@@H]2[C@@H](O)[C@@H]1O. The third-order valence-electron chi connectivity index (χ3n) is 2.46. The van der Waals surface area contributed by atoms with Crippen molar-refractivity contribution in [3.8, 4) is 0 Å². The second kappa shape index (κ2) is 3.92. The first-order valence-corrected chi connectivity index (χ1v) is 4.49. The van der Waals surface area contributed by atoms with Gasteiger partial charge in [-0.25, -0.2) is 0 Å². The first-order valence-electron chi connectivity index (χ1n) is 4.49. The molecule has 0 spiro atoms. The summed E-state index contributed by atoms with van der Waals surface area (Å²) in [5.41, 5.74) is 0. The van der Waals surface area contributed by atoms with Crippen molar-refractivity contribution in [2.75, 3.05) is 13.2 Å². The van der Waals surface area contributed by atoms with E-state index in [9.17, 15) is 10.2 Å². The Morgan fingerprint density at radius 2 is 2.14 bits per heavy atom. The first kappa shape index (κ1) is 10.0. The fraction of sp³-hybridized carbons (Fsp3) is 0.875. The number of hydrogen-bond acceptors (Lipinski definition) is 6. The zero-order valence-electron chi connectivity index (χ0n) is 7.48. The van der Waals surface area contributed by atoms with Crippen LogP contribution in [0.4, 0.5) is 0 Å². The van der Waals surface area contributed by atoms with Gasteiger partial charge in [-0.2, -0.15) is 0 Å². The lowest BCUT2D eigenvalue weighted by Crippen LogP contribution is -2.59. The molecule has 2 aliphatic heterocycles. The van der Waals surface area contributed by atoms with E-state index in [4.69, 9.17) is 14.6 Å². The van der Waals surface area contributed by atoms with Gasteiger partial charge >= 0.3 is 0 Å². The summed E-state index contributed by atoms with van der Waals surface area (Å²) in [6, 6.07) is -0.596. The van der Waals surface area contributed by atoms with Crippen LogP contribution in [0.5, 0.6) is 0 Å². The lowest BCUT2D eigenvalue weighted by atomic mass is 9.97. The maximum Gasteiger partial charge on any atom is 0.183 e. The van der Waals surface area contributed by atoms with Gasteiger partial charge in [0.2, 0.25) is 0 Å². The van der Waals surface area contributed by atoms with Gasteiger partial charge in [-0.1, -0.05) is 0 Å². The minimum absolute atomic E-state index is 0.322. The van der Waals surface area contributed by atoms with Crippen LogP contribution >= 0.6 is 0 Å². The molecule has 6 nitrogen and oxygen atoms in total. The highest BCUT2D eigenvalue weighted by molar-refractivity contribution is 5.59. The molecule has 3 N–H and O–H groups in total. The average Bonchev–Trinajstić information content (AvgIpc) is 2.23. The van der Waals surface area contributed by atoms with Gasteiger partial charge in [0.25, 0.3) is 0 Å². The maximum absolute atomic E-state index is 9.64. The van der Waals surface area contributed by atoms with Crippen LogP contribution in [0.15, 0.2) is 4.99 Å². The highest BCUT2D eigenvalue weighted by atomic mass is 16.7. The van der Waals surface area contributed by atoms with E-state index in [2.05, 4.69) is 4.99 Å². The monoisotopic (exact) mass is 203 g/mol. The van der Waals surface area contributed by atoms with Gasteiger partial charge < -0.3 is 24.8 Å². The molecule has 1 saturated heterocycles. The molecular formula is C8H13NO5. The highest BCUT2D eigenvalue weighted by Crippen LogP contribution is 2.25. The molecule has 0 unspecified atom stereocenters. The van der Waals surface area contributed by atoms with E-state index in [0.717, 1.165) is 0 Å². The van der Waals surface area contributed by atoms with Gasteiger partial charge in [0.1, 0.15) is 24.4 Å². The average molecular weight is 203 g/mol. The minimum atomic E-state index is -1.12. The molecule has 80 valence electrons. The molecule has 1 fully saturated rings. The van der Waals surface area contributed by atoms with Crippen LogP contribution in [0.3, 0.4) is 0 Å². The first-order chi connectivity index (χ1) is 6.74. The van der Waals surface area contributed by atoms with E-state index >= 15 is 0 Å². The van der Waals surface area contributed by atoms with Crippen molar-refractivity contribution in [2.45, 2.75) is 30.6 Å². The highest BCUT2D eigenvalue weighted by Gasteiger charge is 2.45. The Bertz CT molecular complexity index is 234. The topological polar surface area (TPSA) is 91.5 Å². The van der Waals surface area contributed by atoms with Gasteiger partial charge in [0.05, 0.1) is 13.2 Å². The van der Waals surface area contributed by atoms with Gasteiger partial charge in [-0.05, 0) is 0 Å². The number of ether oxygens (including phenoxy) is 2. The molecule has 5 atom stereocenters. The van der Waals surface area contributed by atoms with Crippen molar-refractivity contribution in [1.82, 2.24) is 0 Å². The number of aliphatic hydroxyl groups is 3. The van der Waals surface area contributed by atoms with Crippen LogP contribution in [-0.4, -0.2) is 65.4 Å². The van der Waals surface area contributed by atoms with E-state index in [1.54, 1.807) is 0 Å². The summed E-state index contributed by atoms with van der Waals surface area (Å²) < 4.78 is 10.4. The largest absolute Gasteiger partial charge is 0.394 e. The second-order valence-electron chi connectivity index (χ2n) is 3.36. The molecule has 0 amide bonds. The van der Waals surface area contributed by atoms with Gasteiger partial charge in [0, 0.05) is 6.21 Å². The Balaban J connectivity index is 2.13. The van der Waals surface area contributed by atoms with Crippen LogP contribution in [0.2, 0.25) is 0 Å². The normalized spacial score (nSPS) is 47.5. The Morgan fingerprint density at radius 1 is 1.36 bits per heavy atom. The summed E-state index contributed by atoms with van der Waals surface area (Å²) in [6.45, 7) is -0.0311. The summed E-state index contributed by atoms with van der Waals surface area (Å²) in [6.07, 6.45) is -2.13. The van der Waals surface area contributed by atoms with Gasteiger partial charge in [-0.3, -0.25) is 4.99 Å². The predicted octanol–water partition coefficient (Wildman–Crippen LogP) is -2.10. The second-order valence-corrected chi connectivity index (χ2v) is 3.36. The van der Waals surface area contributed by atoms with Crippen LogP contribution < -0.4 is 0 Å². The molecule has 2 rings (SSSR count). The summed E-state index contributed by atoms with van der Waals surface area (Å²) in [5, 5.41) is 28.0. The van der Waals surface area contributed by atoms with Crippen molar-refractivity contribution in [1.29, 1.82) is 0 Å². The Hall–Kier alpha value is -0.530. The van der Waals surface area contributed by atoms with Crippen molar-refractivity contribution < 1.29 is 24.8 Å². The fourth-order valence-corrected chi connectivity index (χ4v) is 1.67. The Morgan fingerprint density at radius 3 is 2.86 bits per heavy atom. The number of hydrogen-bond donors (Lipinski definition) is 3. The summed E-state index contributed by atoms with van der Waals surface area (Å²) in [4.78, 5) is 3.98. The van der Waals surface area contributed by atoms with Crippen LogP contribution in [0.25, 0.3) is 0 Å². The number of nitrogens with zero attached hydrogens (tertiary/aromatic N) is 1. The third-order valence-corrected chi connectivity index (χ3v) is 2.46. The van der Waals surface area contributed by atoms with Crippen molar-refractivity contribution >= 4 is 6.21 Å². The maximum atomic E-state index is 9.64. The van der Waals surface area contributed by atoms with Crippen molar-refractivity contribution in [3.05, 3.63) is 0 Å². The van der Waals surface area contributed by atoms with E-state index < -0.39 is 30.6 Å². The number of aliphatic hydroxyl groups excluding tert-OH is 3. The van der Waals surface area contributed by atoms with E-state index in [1.165, 1.54) is 6.21 Å². The predicted molar refractivity (Wildman–Crippen MR) is 46.0 cm³/mol. The number of rotatable bonds is 1. The van der Waals surface area contributed by atoms with E-state index in [0.29, 0.717) is 6.61 Å². The molecule has 0 saturated carbocycles. The molecular weight excluding hydrogens is 190 g/mol.